The van der Waals surface area contributed by atoms with E-state index in [0.29, 0.717) is 5.92 Å². The van der Waals surface area contributed by atoms with Crippen LogP contribution in [0.4, 0.5) is 0 Å². The van der Waals surface area contributed by atoms with Crippen LogP contribution in [0.3, 0.4) is 0 Å². The van der Waals surface area contributed by atoms with Crippen molar-refractivity contribution in [1.82, 2.24) is 0 Å². The fourth-order valence-corrected chi connectivity index (χ4v) is 2.99. The molecule has 0 nitrogen and oxygen atoms in total. The lowest BCUT2D eigenvalue weighted by Crippen LogP contribution is -1.96. The van der Waals surface area contributed by atoms with E-state index in [9.17, 15) is 0 Å². The highest BCUT2D eigenvalue weighted by atomic mass is 79.9. The van der Waals surface area contributed by atoms with Crippen LogP contribution in [0.25, 0.3) is 10.8 Å². The summed E-state index contributed by atoms with van der Waals surface area (Å²) < 4.78 is 1.13. The summed E-state index contributed by atoms with van der Waals surface area (Å²) in [5, 5.41) is 2.60. The highest BCUT2D eigenvalue weighted by Gasteiger charge is 2.13. The lowest BCUT2D eigenvalue weighted by molar-refractivity contribution is 0.550. The zero-order valence-electron chi connectivity index (χ0n) is 10.8. The van der Waals surface area contributed by atoms with Crippen LogP contribution < -0.4 is 0 Å². The Bertz CT molecular complexity index is 534. The van der Waals surface area contributed by atoms with Crippen LogP contribution >= 0.6 is 27.5 Å². The third-order valence-electron chi connectivity index (χ3n) is 3.24. The normalized spacial score (nSPS) is 13.2. The van der Waals surface area contributed by atoms with Crippen molar-refractivity contribution < 1.29 is 0 Å². The summed E-state index contributed by atoms with van der Waals surface area (Å²) in [5.74, 6) is 0.702. The minimum absolute atomic E-state index is 0.102. The van der Waals surface area contributed by atoms with Crippen LogP contribution in [-0.4, -0.2) is 0 Å². The van der Waals surface area contributed by atoms with Crippen molar-refractivity contribution in [2.75, 3.05) is 0 Å². The van der Waals surface area contributed by atoms with Gasteiger partial charge in [-0.3, -0.25) is 0 Å². The molecule has 2 heteroatoms. The van der Waals surface area contributed by atoms with Crippen molar-refractivity contribution >= 4 is 38.3 Å². The van der Waals surface area contributed by atoms with Gasteiger partial charge in [-0.05, 0) is 41.2 Å². The fraction of sp³-hybridized carbons (Fsp3) is 0.375. The number of benzene rings is 2. The Hall–Kier alpha value is -0.530. The molecule has 0 aromatic heterocycles. The predicted octanol–water partition coefficient (Wildman–Crippen LogP) is 6.32. The summed E-state index contributed by atoms with van der Waals surface area (Å²) in [7, 11) is 0. The van der Waals surface area contributed by atoms with Crippen LogP contribution in [0.5, 0.6) is 0 Å². The lowest BCUT2D eigenvalue weighted by Gasteiger charge is -2.15. The molecule has 0 radical (unpaired) electrons. The topological polar surface area (TPSA) is 0 Å². The first-order chi connectivity index (χ1) is 8.59. The Kier molecular flexibility index (Phi) is 4.69. The van der Waals surface area contributed by atoms with Gasteiger partial charge in [0.25, 0.3) is 0 Å². The molecule has 0 bridgehead atoms. The summed E-state index contributed by atoms with van der Waals surface area (Å²) in [6.07, 6.45) is 2.20. The van der Waals surface area contributed by atoms with E-state index >= 15 is 0 Å². The quantitative estimate of drug-likeness (QED) is 0.577. The first kappa shape index (κ1) is 13.9. The molecule has 0 aliphatic carbocycles. The third kappa shape index (κ3) is 3.07. The van der Waals surface area contributed by atoms with Gasteiger partial charge in [0.15, 0.2) is 0 Å². The zero-order valence-corrected chi connectivity index (χ0v) is 13.1. The molecule has 0 saturated heterocycles. The summed E-state index contributed by atoms with van der Waals surface area (Å²) >= 11 is 10.2. The highest BCUT2D eigenvalue weighted by Crippen LogP contribution is 2.35. The molecule has 96 valence electrons. The van der Waals surface area contributed by atoms with Gasteiger partial charge in [0.05, 0.1) is 5.38 Å². The van der Waals surface area contributed by atoms with E-state index in [1.807, 2.05) is 0 Å². The molecule has 0 spiro atoms. The van der Waals surface area contributed by atoms with Gasteiger partial charge in [-0.15, -0.1) is 11.6 Å². The number of halogens is 2. The summed E-state index contributed by atoms with van der Waals surface area (Å²) in [5.41, 5.74) is 1.25. The van der Waals surface area contributed by atoms with E-state index in [4.69, 9.17) is 11.6 Å². The summed E-state index contributed by atoms with van der Waals surface area (Å²) in [6.45, 7) is 4.48. The molecule has 1 atom stereocenters. The maximum atomic E-state index is 6.57. The van der Waals surface area contributed by atoms with Crippen LogP contribution in [0.15, 0.2) is 40.9 Å². The smallest absolute Gasteiger partial charge is 0.0591 e. The van der Waals surface area contributed by atoms with Gasteiger partial charge < -0.3 is 0 Å². The Labute approximate surface area is 122 Å². The molecule has 0 aliphatic rings. The molecule has 1 unspecified atom stereocenters. The second kappa shape index (κ2) is 6.08. The van der Waals surface area contributed by atoms with Gasteiger partial charge in [0.1, 0.15) is 0 Å². The van der Waals surface area contributed by atoms with Gasteiger partial charge in [0, 0.05) is 4.47 Å². The molecule has 2 aromatic rings. The Balaban J connectivity index is 2.36. The first-order valence-electron chi connectivity index (χ1n) is 6.41. The Morgan fingerprint density at radius 3 is 2.33 bits per heavy atom. The molecule has 0 aliphatic heterocycles. The molecule has 2 rings (SSSR count). The summed E-state index contributed by atoms with van der Waals surface area (Å²) in [4.78, 5) is 0. The Morgan fingerprint density at radius 2 is 1.67 bits per heavy atom. The standard InChI is InChI=1S/C16H18BrCl/c1-11(2)7-10-16(18)14-8-9-15(17)13-6-4-3-5-12(13)14/h3-6,8-9,11,16H,7,10H2,1-2H3. The second-order valence-corrected chi connectivity index (χ2v) is 6.50. The molecule has 18 heavy (non-hydrogen) atoms. The van der Waals surface area contributed by atoms with Crippen LogP contribution in [-0.2, 0) is 0 Å². The van der Waals surface area contributed by atoms with Crippen LogP contribution in [0.2, 0.25) is 0 Å². The van der Waals surface area contributed by atoms with E-state index in [0.717, 1.165) is 10.9 Å². The van der Waals surface area contributed by atoms with Crippen molar-refractivity contribution in [2.45, 2.75) is 32.1 Å². The predicted molar refractivity (Wildman–Crippen MR) is 84.3 cm³/mol. The van der Waals surface area contributed by atoms with Crippen molar-refractivity contribution in [1.29, 1.82) is 0 Å². The molecule has 0 N–H and O–H groups in total. The van der Waals surface area contributed by atoms with Crippen LogP contribution in [0, 0.1) is 5.92 Å². The molecule has 2 aromatic carbocycles. The minimum Gasteiger partial charge on any atom is -0.118 e. The van der Waals surface area contributed by atoms with Crippen molar-refractivity contribution in [3.63, 3.8) is 0 Å². The summed E-state index contributed by atoms with van der Waals surface area (Å²) in [6, 6.07) is 12.7. The second-order valence-electron chi connectivity index (χ2n) is 5.12. The monoisotopic (exact) mass is 324 g/mol. The molecular weight excluding hydrogens is 308 g/mol. The first-order valence-corrected chi connectivity index (χ1v) is 7.63. The maximum Gasteiger partial charge on any atom is 0.0591 e. The number of hydrogen-bond acceptors (Lipinski definition) is 0. The van der Waals surface area contributed by atoms with Gasteiger partial charge in [0.2, 0.25) is 0 Å². The number of rotatable bonds is 4. The number of alkyl halides is 1. The highest BCUT2D eigenvalue weighted by molar-refractivity contribution is 9.10. The molecule has 0 fully saturated rings. The van der Waals surface area contributed by atoms with Crippen molar-refractivity contribution in [3.05, 3.63) is 46.4 Å². The largest absolute Gasteiger partial charge is 0.118 e. The number of hydrogen-bond donors (Lipinski definition) is 0. The van der Waals surface area contributed by atoms with E-state index in [2.05, 4.69) is 66.2 Å². The molecule has 0 heterocycles. The van der Waals surface area contributed by atoms with Crippen LogP contribution in [0.1, 0.15) is 37.6 Å². The van der Waals surface area contributed by atoms with Gasteiger partial charge in [-0.2, -0.15) is 0 Å². The average Bonchev–Trinajstić information content (AvgIpc) is 2.37. The average molecular weight is 326 g/mol. The third-order valence-corrected chi connectivity index (χ3v) is 4.38. The van der Waals surface area contributed by atoms with Gasteiger partial charge in [-0.1, -0.05) is 60.1 Å². The van der Waals surface area contributed by atoms with E-state index < -0.39 is 0 Å². The van der Waals surface area contributed by atoms with E-state index in [-0.39, 0.29) is 5.38 Å². The zero-order chi connectivity index (χ0) is 13.1. The molecule has 0 saturated carbocycles. The number of fused-ring (bicyclic) bond motifs is 1. The molecule has 0 amide bonds. The van der Waals surface area contributed by atoms with Gasteiger partial charge >= 0.3 is 0 Å². The molecular formula is C16H18BrCl. The SMILES string of the molecule is CC(C)CCC(Cl)c1ccc(Br)c2ccccc12. The van der Waals surface area contributed by atoms with Gasteiger partial charge in [-0.25, -0.2) is 0 Å². The fourth-order valence-electron chi connectivity index (χ4n) is 2.19. The maximum absolute atomic E-state index is 6.57. The van der Waals surface area contributed by atoms with E-state index in [1.165, 1.54) is 22.8 Å². The van der Waals surface area contributed by atoms with E-state index in [1.54, 1.807) is 0 Å². The van der Waals surface area contributed by atoms with Crippen molar-refractivity contribution in [2.24, 2.45) is 5.92 Å². The van der Waals surface area contributed by atoms with Crippen molar-refractivity contribution in [3.8, 4) is 0 Å². The minimum atomic E-state index is 0.102. The Morgan fingerprint density at radius 1 is 1.00 bits per heavy atom. The lowest BCUT2D eigenvalue weighted by atomic mass is 9.97.